The SMILES string of the molecule is COc1cc(C=C(C#N)S(=O)(=O)c2ccccc2)ccc1OCc1ccc(F)cc1. The number of hydrogen-bond donors (Lipinski definition) is 0. The summed E-state index contributed by atoms with van der Waals surface area (Å²) < 4.78 is 49.5. The topological polar surface area (TPSA) is 76.4 Å². The molecule has 152 valence electrons. The summed E-state index contributed by atoms with van der Waals surface area (Å²) >= 11 is 0. The van der Waals surface area contributed by atoms with Gasteiger partial charge in [-0.3, -0.25) is 0 Å². The maximum Gasteiger partial charge on any atom is 0.216 e. The molecular weight excluding hydrogens is 405 g/mol. The van der Waals surface area contributed by atoms with E-state index in [1.54, 1.807) is 54.6 Å². The van der Waals surface area contributed by atoms with E-state index in [2.05, 4.69) is 0 Å². The first kappa shape index (κ1) is 21.1. The van der Waals surface area contributed by atoms with Crippen molar-refractivity contribution in [3.05, 3.63) is 94.6 Å². The molecule has 0 bridgehead atoms. The summed E-state index contributed by atoms with van der Waals surface area (Å²) in [6.45, 7) is 0.206. The van der Waals surface area contributed by atoms with Crippen LogP contribution in [-0.2, 0) is 16.4 Å². The molecule has 7 heteroatoms. The van der Waals surface area contributed by atoms with Gasteiger partial charge in [-0.2, -0.15) is 5.26 Å². The minimum absolute atomic E-state index is 0.0454. The summed E-state index contributed by atoms with van der Waals surface area (Å²) in [5.41, 5.74) is 1.25. The number of nitrogens with zero attached hydrogens (tertiary/aromatic N) is 1. The Morgan fingerprint density at radius 3 is 2.37 bits per heavy atom. The van der Waals surface area contributed by atoms with Crippen molar-refractivity contribution in [2.75, 3.05) is 7.11 Å². The molecule has 0 aliphatic carbocycles. The van der Waals surface area contributed by atoms with Gasteiger partial charge in [-0.05, 0) is 53.6 Å². The minimum atomic E-state index is -3.93. The van der Waals surface area contributed by atoms with Crippen LogP contribution in [0.4, 0.5) is 4.39 Å². The molecule has 5 nitrogen and oxygen atoms in total. The zero-order valence-corrected chi connectivity index (χ0v) is 16.9. The Hall–Kier alpha value is -3.63. The fourth-order valence-corrected chi connectivity index (χ4v) is 3.86. The first-order valence-electron chi connectivity index (χ1n) is 8.91. The minimum Gasteiger partial charge on any atom is -0.493 e. The van der Waals surface area contributed by atoms with Crippen LogP contribution in [0, 0.1) is 17.1 Å². The first-order valence-corrected chi connectivity index (χ1v) is 10.4. The van der Waals surface area contributed by atoms with Gasteiger partial charge >= 0.3 is 0 Å². The van der Waals surface area contributed by atoms with Crippen LogP contribution in [0.2, 0.25) is 0 Å². The van der Waals surface area contributed by atoms with Gasteiger partial charge in [-0.1, -0.05) is 36.4 Å². The molecule has 3 aromatic carbocycles. The lowest BCUT2D eigenvalue weighted by atomic mass is 10.2. The third-order valence-electron chi connectivity index (χ3n) is 4.25. The van der Waals surface area contributed by atoms with E-state index in [9.17, 15) is 18.1 Å². The van der Waals surface area contributed by atoms with E-state index in [0.29, 0.717) is 17.1 Å². The average molecular weight is 423 g/mol. The van der Waals surface area contributed by atoms with E-state index in [1.165, 1.54) is 37.5 Å². The summed E-state index contributed by atoms with van der Waals surface area (Å²) in [5, 5.41) is 9.42. The molecule has 0 atom stereocenters. The molecule has 0 unspecified atom stereocenters. The van der Waals surface area contributed by atoms with Crippen molar-refractivity contribution in [3.63, 3.8) is 0 Å². The highest BCUT2D eigenvalue weighted by atomic mass is 32.2. The van der Waals surface area contributed by atoms with Crippen molar-refractivity contribution in [2.45, 2.75) is 11.5 Å². The number of allylic oxidation sites excluding steroid dienone is 1. The van der Waals surface area contributed by atoms with Gasteiger partial charge in [-0.15, -0.1) is 0 Å². The number of nitriles is 1. The standard InChI is InChI=1S/C23H18FNO4S/c1-28-23-14-18(9-12-22(23)29-16-17-7-10-19(24)11-8-17)13-21(15-25)30(26,27)20-5-3-2-4-6-20/h2-14H,16H2,1H3. The Morgan fingerprint density at radius 1 is 1.03 bits per heavy atom. The molecule has 0 aliphatic rings. The Balaban J connectivity index is 1.86. The highest BCUT2D eigenvalue weighted by molar-refractivity contribution is 7.95. The highest BCUT2D eigenvalue weighted by Crippen LogP contribution is 2.30. The monoisotopic (exact) mass is 423 g/mol. The van der Waals surface area contributed by atoms with Crippen LogP contribution in [-0.4, -0.2) is 15.5 Å². The van der Waals surface area contributed by atoms with Crippen molar-refractivity contribution in [2.24, 2.45) is 0 Å². The molecule has 0 amide bonds. The zero-order chi connectivity index (χ0) is 21.6. The van der Waals surface area contributed by atoms with Crippen molar-refractivity contribution in [1.29, 1.82) is 5.26 Å². The average Bonchev–Trinajstić information content (AvgIpc) is 2.77. The van der Waals surface area contributed by atoms with Crippen molar-refractivity contribution >= 4 is 15.9 Å². The van der Waals surface area contributed by atoms with Gasteiger partial charge in [0, 0.05) is 0 Å². The molecule has 0 heterocycles. The van der Waals surface area contributed by atoms with Crippen molar-refractivity contribution in [3.8, 4) is 17.6 Å². The van der Waals surface area contributed by atoms with Crippen LogP contribution in [0.15, 0.2) is 82.6 Å². The van der Waals surface area contributed by atoms with E-state index in [0.717, 1.165) is 5.56 Å². The van der Waals surface area contributed by atoms with Gasteiger partial charge in [0.25, 0.3) is 0 Å². The summed E-state index contributed by atoms with van der Waals surface area (Å²) in [4.78, 5) is -0.334. The first-order chi connectivity index (χ1) is 14.4. The summed E-state index contributed by atoms with van der Waals surface area (Å²) in [5.74, 6) is 0.481. The molecule has 0 saturated heterocycles. The van der Waals surface area contributed by atoms with Crippen molar-refractivity contribution < 1.29 is 22.3 Å². The molecule has 0 aromatic heterocycles. The van der Waals surface area contributed by atoms with Gasteiger partial charge in [0.05, 0.1) is 12.0 Å². The molecule has 3 aromatic rings. The molecule has 0 radical (unpaired) electrons. The molecule has 0 spiro atoms. The number of ether oxygens (including phenoxy) is 2. The predicted octanol–water partition coefficient (Wildman–Crippen LogP) is 4.75. The normalized spacial score (nSPS) is 11.6. The van der Waals surface area contributed by atoms with Gasteiger partial charge in [0.15, 0.2) is 11.5 Å². The van der Waals surface area contributed by atoms with E-state index in [-0.39, 0.29) is 22.2 Å². The summed E-state index contributed by atoms with van der Waals surface area (Å²) in [6.07, 6.45) is 1.29. The Bertz CT molecular complexity index is 1200. The zero-order valence-electron chi connectivity index (χ0n) is 16.1. The predicted molar refractivity (Wildman–Crippen MR) is 111 cm³/mol. The summed E-state index contributed by atoms with van der Waals surface area (Å²) in [6, 6.07) is 20.3. The third kappa shape index (κ3) is 4.85. The third-order valence-corrected chi connectivity index (χ3v) is 5.93. The lowest BCUT2D eigenvalue weighted by molar-refractivity contribution is 0.284. The molecule has 0 aliphatic heterocycles. The van der Waals surface area contributed by atoms with E-state index >= 15 is 0 Å². The van der Waals surface area contributed by atoms with Gasteiger partial charge in [0.1, 0.15) is 23.4 Å². The number of rotatable bonds is 7. The number of methoxy groups -OCH3 is 1. The van der Waals surface area contributed by atoms with Crippen molar-refractivity contribution in [1.82, 2.24) is 0 Å². The molecule has 0 N–H and O–H groups in total. The molecule has 0 fully saturated rings. The fourth-order valence-electron chi connectivity index (χ4n) is 2.68. The lowest BCUT2D eigenvalue weighted by Gasteiger charge is -2.12. The van der Waals surface area contributed by atoms with E-state index in [4.69, 9.17) is 9.47 Å². The number of sulfone groups is 1. The number of benzene rings is 3. The van der Waals surface area contributed by atoms with Crippen LogP contribution in [0.1, 0.15) is 11.1 Å². The fraction of sp³-hybridized carbons (Fsp3) is 0.0870. The Kier molecular flexibility index (Phi) is 6.50. The summed E-state index contributed by atoms with van der Waals surface area (Å²) in [7, 11) is -2.47. The van der Waals surface area contributed by atoms with Gasteiger partial charge in [-0.25, -0.2) is 12.8 Å². The molecule has 3 rings (SSSR count). The van der Waals surface area contributed by atoms with Gasteiger partial charge in [0.2, 0.25) is 9.84 Å². The Labute approximate surface area is 174 Å². The van der Waals surface area contributed by atoms with Crippen LogP contribution < -0.4 is 9.47 Å². The second-order valence-corrected chi connectivity index (χ2v) is 8.18. The number of halogens is 1. The van der Waals surface area contributed by atoms with E-state index < -0.39 is 9.84 Å². The molecule has 0 saturated carbocycles. The number of hydrogen-bond acceptors (Lipinski definition) is 5. The largest absolute Gasteiger partial charge is 0.493 e. The van der Waals surface area contributed by atoms with E-state index in [1.807, 2.05) is 0 Å². The molecular formula is C23H18FNO4S. The quantitative estimate of drug-likeness (QED) is 0.513. The highest BCUT2D eigenvalue weighted by Gasteiger charge is 2.20. The second kappa shape index (κ2) is 9.25. The maximum absolute atomic E-state index is 13.0. The smallest absolute Gasteiger partial charge is 0.216 e. The Morgan fingerprint density at radius 2 is 1.73 bits per heavy atom. The van der Waals surface area contributed by atoms with Gasteiger partial charge < -0.3 is 9.47 Å². The van der Waals surface area contributed by atoms with Crippen LogP contribution in [0.5, 0.6) is 11.5 Å². The second-order valence-electron chi connectivity index (χ2n) is 6.26. The van der Waals surface area contributed by atoms with Crippen LogP contribution in [0.25, 0.3) is 6.08 Å². The van der Waals surface area contributed by atoms with Crippen LogP contribution >= 0.6 is 0 Å². The maximum atomic E-state index is 13.0. The molecule has 30 heavy (non-hydrogen) atoms. The van der Waals surface area contributed by atoms with Crippen LogP contribution in [0.3, 0.4) is 0 Å². The lowest BCUT2D eigenvalue weighted by Crippen LogP contribution is -2.03.